The lowest BCUT2D eigenvalue weighted by molar-refractivity contribution is 0.0555. The summed E-state index contributed by atoms with van der Waals surface area (Å²) in [6, 6.07) is 7.62. The first-order chi connectivity index (χ1) is 10.1. The second-order valence-electron chi connectivity index (χ2n) is 5.85. The zero-order valence-corrected chi connectivity index (χ0v) is 14.3. The first kappa shape index (κ1) is 16.7. The van der Waals surface area contributed by atoms with Crippen molar-refractivity contribution < 1.29 is 9.53 Å². The summed E-state index contributed by atoms with van der Waals surface area (Å²) in [7, 11) is 2.15. The molecule has 0 aliphatic carbocycles. The van der Waals surface area contributed by atoms with Crippen molar-refractivity contribution in [2.75, 3.05) is 33.4 Å². The molecular formula is C17H24BrNO2. The van der Waals surface area contributed by atoms with E-state index in [0.29, 0.717) is 6.42 Å². The predicted molar refractivity (Wildman–Crippen MR) is 88.7 cm³/mol. The van der Waals surface area contributed by atoms with Crippen LogP contribution >= 0.6 is 15.9 Å². The number of hydrogen-bond acceptors (Lipinski definition) is 3. The van der Waals surface area contributed by atoms with Gasteiger partial charge < -0.3 is 9.64 Å². The van der Waals surface area contributed by atoms with Gasteiger partial charge in [-0.3, -0.25) is 4.79 Å². The van der Waals surface area contributed by atoms with Gasteiger partial charge >= 0.3 is 0 Å². The third kappa shape index (κ3) is 5.89. The van der Waals surface area contributed by atoms with E-state index in [1.54, 1.807) is 0 Å². The van der Waals surface area contributed by atoms with Gasteiger partial charge in [-0.15, -0.1) is 0 Å². The molecule has 21 heavy (non-hydrogen) atoms. The molecule has 1 saturated heterocycles. The van der Waals surface area contributed by atoms with E-state index in [9.17, 15) is 4.79 Å². The predicted octanol–water partition coefficient (Wildman–Crippen LogP) is 3.77. The van der Waals surface area contributed by atoms with Gasteiger partial charge in [0, 0.05) is 36.2 Å². The molecule has 1 aliphatic heterocycles. The number of ether oxygens (including phenoxy) is 1. The molecule has 0 saturated carbocycles. The summed E-state index contributed by atoms with van der Waals surface area (Å²) in [5.74, 6) is 0.993. The maximum atomic E-state index is 12.1. The minimum absolute atomic E-state index is 0.238. The average molecular weight is 354 g/mol. The van der Waals surface area contributed by atoms with Crippen LogP contribution in [0.25, 0.3) is 0 Å². The molecule has 0 spiro atoms. The van der Waals surface area contributed by atoms with E-state index >= 15 is 0 Å². The summed E-state index contributed by atoms with van der Waals surface area (Å²) in [5, 5.41) is 0. The van der Waals surface area contributed by atoms with E-state index in [2.05, 4.69) is 27.9 Å². The average Bonchev–Trinajstić information content (AvgIpc) is 2.49. The largest absolute Gasteiger partial charge is 0.381 e. The molecule has 0 N–H and O–H groups in total. The monoisotopic (exact) mass is 353 g/mol. The second kappa shape index (κ2) is 8.66. The van der Waals surface area contributed by atoms with Crippen molar-refractivity contribution in [2.24, 2.45) is 5.92 Å². The number of benzene rings is 1. The van der Waals surface area contributed by atoms with Crippen molar-refractivity contribution in [3.63, 3.8) is 0 Å². The lowest BCUT2D eigenvalue weighted by atomic mass is 9.99. The van der Waals surface area contributed by atoms with E-state index in [1.807, 2.05) is 24.3 Å². The maximum Gasteiger partial charge on any atom is 0.162 e. The third-order valence-electron chi connectivity index (χ3n) is 4.02. The van der Waals surface area contributed by atoms with Gasteiger partial charge in [0.1, 0.15) is 0 Å². The highest BCUT2D eigenvalue weighted by Gasteiger charge is 2.15. The summed E-state index contributed by atoms with van der Waals surface area (Å²) in [6.07, 6.45) is 3.89. The number of rotatable bonds is 7. The molecule has 0 radical (unpaired) electrons. The summed E-state index contributed by atoms with van der Waals surface area (Å²) in [5.41, 5.74) is 0.810. The highest BCUT2D eigenvalue weighted by molar-refractivity contribution is 9.10. The molecule has 0 amide bonds. The van der Waals surface area contributed by atoms with E-state index in [4.69, 9.17) is 4.74 Å². The number of carbonyl (C=O) groups excluding carboxylic acids is 1. The zero-order chi connectivity index (χ0) is 15.1. The Morgan fingerprint density at radius 2 is 1.95 bits per heavy atom. The molecule has 1 aromatic carbocycles. The molecule has 4 heteroatoms. The van der Waals surface area contributed by atoms with Gasteiger partial charge in [-0.25, -0.2) is 0 Å². The lowest BCUT2D eigenvalue weighted by Gasteiger charge is -2.27. The lowest BCUT2D eigenvalue weighted by Crippen LogP contribution is -2.30. The van der Waals surface area contributed by atoms with Crippen molar-refractivity contribution in [3.8, 4) is 0 Å². The van der Waals surface area contributed by atoms with Gasteiger partial charge in [0.25, 0.3) is 0 Å². The van der Waals surface area contributed by atoms with Crippen molar-refractivity contribution in [3.05, 3.63) is 34.3 Å². The molecule has 1 aliphatic rings. The normalized spacial score (nSPS) is 16.3. The maximum absolute atomic E-state index is 12.1. The molecule has 2 rings (SSSR count). The van der Waals surface area contributed by atoms with Crippen LogP contribution in [0.1, 0.15) is 36.0 Å². The highest BCUT2D eigenvalue weighted by Crippen LogP contribution is 2.16. The third-order valence-corrected chi connectivity index (χ3v) is 4.55. The van der Waals surface area contributed by atoms with E-state index < -0.39 is 0 Å². The van der Waals surface area contributed by atoms with E-state index in [0.717, 1.165) is 48.7 Å². The van der Waals surface area contributed by atoms with Crippen LogP contribution in [0.2, 0.25) is 0 Å². The highest BCUT2D eigenvalue weighted by atomic mass is 79.9. The molecular weight excluding hydrogens is 330 g/mol. The second-order valence-corrected chi connectivity index (χ2v) is 6.77. The van der Waals surface area contributed by atoms with Crippen LogP contribution in [-0.4, -0.2) is 44.0 Å². The molecule has 3 nitrogen and oxygen atoms in total. The topological polar surface area (TPSA) is 29.5 Å². The van der Waals surface area contributed by atoms with Gasteiger partial charge in [0.2, 0.25) is 0 Å². The zero-order valence-electron chi connectivity index (χ0n) is 12.7. The molecule has 0 aromatic heterocycles. The van der Waals surface area contributed by atoms with Crippen molar-refractivity contribution >= 4 is 21.7 Å². The Labute approximate surface area is 135 Å². The summed E-state index contributed by atoms with van der Waals surface area (Å²) in [6.45, 7) is 3.91. The Kier molecular flexibility index (Phi) is 6.87. The molecule has 116 valence electrons. The van der Waals surface area contributed by atoms with Crippen LogP contribution < -0.4 is 0 Å². The smallest absolute Gasteiger partial charge is 0.162 e. The standard InChI is InChI=1S/C17H24BrNO2/c1-19(13-14-8-11-21-12-9-14)10-2-3-17(20)15-4-6-16(18)7-5-15/h4-7,14H,2-3,8-13H2,1H3. The van der Waals surface area contributed by atoms with Crippen LogP contribution in [0.3, 0.4) is 0 Å². The number of Topliss-reactive ketones (excluding diaryl/α,β-unsaturated/α-hetero) is 1. The van der Waals surface area contributed by atoms with Gasteiger partial charge in [0.15, 0.2) is 5.78 Å². The molecule has 1 aromatic rings. The summed E-state index contributed by atoms with van der Waals surface area (Å²) >= 11 is 3.39. The fourth-order valence-corrected chi connectivity index (χ4v) is 3.02. The molecule has 0 unspecified atom stereocenters. The summed E-state index contributed by atoms with van der Waals surface area (Å²) in [4.78, 5) is 14.4. The van der Waals surface area contributed by atoms with Crippen molar-refractivity contribution in [1.29, 1.82) is 0 Å². The number of carbonyl (C=O) groups is 1. The van der Waals surface area contributed by atoms with E-state index in [1.165, 1.54) is 12.8 Å². The molecule has 0 bridgehead atoms. The van der Waals surface area contributed by atoms with E-state index in [-0.39, 0.29) is 5.78 Å². The first-order valence-electron chi connectivity index (χ1n) is 7.70. The minimum Gasteiger partial charge on any atom is -0.381 e. The van der Waals surface area contributed by atoms with Gasteiger partial charge in [-0.05, 0) is 50.9 Å². The number of halogens is 1. The molecule has 0 atom stereocenters. The summed E-state index contributed by atoms with van der Waals surface area (Å²) < 4.78 is 6.39. The van der Waals surface area contributed by atoms with Gasteiger partial charge in [-0.1, -0.05) is 28.1 Å². The van der Waals surface area contributed by atoms with Crippen LogP contribution in [0.15, 0.2) is 28.7 Å². The van der Waals surface area contributed by atoms with Gasteiger partial charge in [0.05, 0.1) is 0 Å². The van der Waals surface area contributed by atoms with Crippen molar-refractivity contribution in [1.82, 2.24) is 4.90 Å². The quantitative estimate of drug-likeness (QED) is 0.698. The molecule has 1 heterocycles. The number of hydrogen-bond donors (Lipinski definition) is 0. The molecule has 1 fully saturated rings. The SMILES string of the molecule is CN(CCCC(=O)c1ccc(Br)cc1)CC1CCOCC1. The Hall–Kier alpha value is -0.710. The van der Waals surface area contributed by atoms with Crippen molar-refractivity contribution in [2.45, 2.75) is 25.7 Å². The Bertz CT molecular complexity index is 441. The van der Waals surface area contributed by atoms with Crippen LogP contribution in [0.4, 0.5) is 0 Å². The Balaban J connectivity index is 1.66. The van der Waals surface area contributed by atoms with Gasteiger partial charge in [-0.2, -0.15) is 0 Å². The number of ketones is 1. The van der Waals surface area contributed by atoms with Crippen LogP contribution in [0, 0.1) is 5.92 Å². The number of nitrogens with zero attached hydrogens (tertiary/aromatic N) is 1. The Morgan fingerprint density at radius 1 is 1.29 bits per heavy atom. The Morgan fingerprint density at radius 3 is 2.62 bits per heavy atom. The first-order valence-corrected chi connectivity index (χ1v) is 8.49. The fourth-order valence-electron chi connectivity index (χ4n) is 2.75. The van der Waals surface area contributed by atoms with Crippen LogP contribution in [0.5, 0.6) is 0 Å². The fraction of sp³-hybridized carbons (Fsp3) is 0.588. The minimum atomic E-state index is 0.238. The van der Waals surface area contributed by atoms with Crippen LogP contribution in [-0.2, 0) is 4.74 Å².